The maximum Gasteiger partial charge on any atom is 0.433 e. The minimum absolute atomic E-state index is 0.00974. The van der Waals surface area contributed by atoms with E-state index in [2.05, 4.69) is 10.3 Å². The average molecular weight is 369 g/mol. The van der Waals surface area contributed by atoms with Crippen LogP contribution < -0.4 is 5.32 Å². The zero-order valence-electron chi connectivity index (χ0n) is 14.6. The number of benzene rings is 1. The predicted molar refractivity (Wildman–Crippen MR) is 89.1 cm³/mol. The first-order chi connectivity index (χ1) is 12.1. The number of pyridine rings is 1. The number of carbonyl (C=O) groups excluding carboxylic acids is 1. The summed E-state index contributed by atoms with van der Waals surface area (Å²) in [7, 11) is 3.57. The highest BCUT2D eigenvalue weighted by Gasteiger charge is 2.33. The summed E-state index contributed by atoms with van der Waals surface area (Å²) in [5.41, 5.74) is -0.311. The number of nitrogens with one attached hydrogen (secondary N) is 1. The standard InChI is InChI=1S/C18H19F4N3O/c1-11-14(7-8-16(24-11)18(20,21)22)17(26)23-10-15(25(2)3)12-5-4-6-13(19)9-12/h4-9,15H,10H2,1-3H3,(H,23,26). The molecule has 1 unspecified atom stereocenters. The normalized spacial score (nSPS) is 12.9. The van der Waals surface area contributed by atoms with Crippen molar-refractivity contribution in [1.82, 2.24) is 15.2 Å². The van der Waals surface area contributed by atoms with Crippen molar-refractivity contribution in [2.24, 2.45) is 0 Å². The Kier molecular flexibility index (Phi) is 5.97. The molecule has 1 aromatic heterocycles. The summed E-state index contributed by atoms with van der Waals surface area (Å²) < 4.78 is 51.4. The molecule has 1 aromatic carbocycles. The number of halogens is 4. The van der Waals surface area contributed by atoms with Crippen LogP contribution in [0.5, 0.6) is 0 Å². The van der Waals surface area contributed by atoms with Crippen molar-refractivity contribution in [3.05, 3.63) is 64.7 Å². The monoisotopic (exact) mass is 369 g/mol. The van der Waals surface area contributed by atoms with Gasteiger partial charge in [0.2, 0.25) is 0 Å². The van der Waals surface area contributed by atoms with Crippen molar-refractivity contribution in [2.75, 3.05) is 20.6 Å². The molecule has 1 amide bonds. The lowest BCUT2D eigenvalue weighted by molar-refractivity contribution is -0.141. The number of carbonyl (C=O) groups is 1. The van der Waals surface area contributed by atoms with E-state index in [1.165, 1.54) is 19.1 Å². The van der Waals surface area contributed by atoms with Crippen LogP contribution in [0, 0.1) is 12.7 Å². The van der Waals surface area contributed by atoms with E-state index in [-0.39, 0.29) is 29.7 Å². The van der Waals surface area contributed by atoms with Gasteiger partial charge < -0.3 is 10.2 Å². The van der Waals surface area contributed by atoms with E-state index in [4.69, 9.17) is 0 Å². The Hall–Kier alpha value is -2.48. The molecular weight excluding hydrogens is 350 g/mol. The van der Waals surface area contributed by atoms with Crippen LogP contribution in [-0.2, 0) is 6.18 Å². The number of rotatable bonds is 5. The molecule has 140 valence electrons. The van der Waals surface area contributed by atoms with Gasteiger partial charge >= 0.3 is 6.18 Å². The largest absolute Gasteiger partial charge is 0.433 e. The Bertz CT molecular complexity index is 790. The molecule has 0 fully saturated rings. The summed E-state index contributed by atoms with van der Waals surface area (Å²) in [6, 6.07) is 7.61. The Labute approximate surface area is 148 Å². The Morgan fingerprint density at radius 1 is 1.23 bits per heavy atom. The van der Waals surface area contributed by atoms with Crippen LogP contribution >= 0.6 is 0 Å². The van der Waals surface area contributed by atoms with Gasteiger partial charge in [0.05, 0.1) is 17.3 Å². The lowest BCUT2D eigenvalue weighted by Gasteiger charge is -2.25. The van der Waals surface area contributed by atoms with E-state index in [0.29, 0.717) is 5.56 Å². The molecule has 1 N–H and O–H groups in total. The van der Waals surface area contributed by atoms with Crippen molar-refractivity contribution in [2.45, 2.75) is 19.1 Å². The topological polar surface area (TPSA) is 45.2 Å². The molecule has 26 heavy (non-hydrogen) atoms. The van der Waals surface area contributed by atoms with Crippen molar-refractivity contribution in [3.8, 4) is 0 Å². The molecular formula is C18H19F4N3O. The van der Waals surface area contributed by atoms with Gasteiger partial charge in [0, 0.05) is 6.54 Å². The number of hydrogen-bond acceptors (Lipinski definition) is 3. The maximum absolute atomic E-state index is 13.4. The van der Waals surface area contributed by atoms with Crippen molar-refractivity contribution < 1.29 is 22.4 Å². The summed E-state index contributed by atoms with van der Waals surface area (Å²) in [5.74, 6) is -0.921. The molecule has 0 saturated carbocycles. The van der Waals surface area contributed by atoms with E-state index in [1.807, 2.05) is 4.90 Å². The summed E-state index contributed by atoms with van der Waals surface area (Å²) in [6.07, 6.45) is -4.56. The summed E-state index contributed by atoms with van der Waals surface area (Å²) in [5, 5.41) is 2.67. The number of likely N-dealkylation sites (N-methyl/N-ethyl adjacent to an activating group) is 1. The van der Waals surface area contributed by atoms with Crippen LogP contribution in [-0.4, -0.2) is 36.4 Å². The van der Waals surface area contributed by atoms with Gasteiger partial charge in [-0.05, 0) is 50.8 Å². The van der Waals surface area contributed by atoms with Gasteiger partial charge in [0.25, 0.3) is 5.91 Å². The van der Waals surface area contributed by atoms with Gasteiger partial charge in [-0.15, -0.1) is 0 Å². The molecule has 0 radical (unpaired) electrons. The first-order valence-corrected chi connectivity index (χ1v) is 7.84. The van der Waals surface area contributed by atoms with Crippen LogP contribution in [0.3, 0.4) is 0 Å². The third-order valence-corrected chi connectivity index (χ3v) is 3.93. The van der Waals surface area contributed by atoms with Crippen LogP contribution in [0.4, 0.5) is 17.6 Å². The Morgan fingerprint density at radius 2 is 1.92 bits per heavy atom. The molecule has 0 bridgehead atoms. The maximum atomic E-state index is 13.4. The highest BCUT2D eigenvalue weighted by molar-refractivity contribution is 5.95. The minimum Gasteiger partial charge on any atom is -0.350 e. The number of alkyl halides is 3. The molecule has 0 saturated heterocycles. The second kappa shape index (κ2) is 7.82. The number of nitrogens with zero attached hydrogens (tertiary/aromatic N) is 2. The summed E-state index contributed by atoms with van der Waals surface area (Å²) >= 11 is 0. The van der Waals surface area contributed by atoms with Crippen molar-refractivity contribution >= 4 is 5.91 Å². The number of aryl methyl sites for hydroxylation is 1. The second-order valence-electron chi connectivity index (χ2n) is 6.07. The third kappa shape index (κ3) is 4.78. The molecule has 8 heteroatoms. The van der Waals surface area contributed by atoms with Gasteiger partial charge in [0.1, 0.15) is 11.5 Å². The zero-order chi connectivity index (χ0) is 19.5. The first kappa shape index (κ1) is 19.8. The first-order valence-electron chi connectivity index (χ1n) is 7.84. The molecule has 1 heterocycles. The number of amides is 1. The lowest BCUT2D eigenvalue weighted by atomic mass is 10.1. The van der Waals surface area contributed by atoms with Crippen LogP contribution in [0.1, 0.15) is 33.4 Å². The fourth-order valence-electron chi connectivity index (χ4n) is 2.56. The van der Waals surface area contributed by atoms with Crippen molar-refractivity contribution in [1.29, 1.82) is 0 Å². The van der Waals surface area contributed by atoms with Crippen LogP contribution in [0.15, 0.2) is 36.4 Å². The van der Waals surface area contributed by atoms with E-state index >= 15 is 0 Å². The molecule has 0 spiro atoms. The number of aromatic nitrogens is 1. The fraction of sp³-hybridized carbons (Fsp3) is 0.333. The van der Waals surface area contributed by atoms with Gasteiger partial charge in [-0.3, -0.25) is 4.79 Å². The smallest absolute Gasteiger partial charge is 0.350 e. The molecule has 2 rings (SSSR count). The van der Waals surface area contributed by atoms with Gasteiger partial charge in [-0.2, -0.15) is 13.2 Å². The molecule has 2 aromatic rings. The molecule has 4 nitrogen and oxygen atoms in total. The molecule has 0 aliphatic heterocycles. The van der Waals surface area contributed by atoms with Crippen molar-refractivity contribution in [3.63, 3.8) is 0 Å². The molecule has 1 atom stereocenters. The van der Waals surface area contributed by atoms with Crippen LogP contribution in [0.25, 0.3) is 0 Å². The predicted octanol–water partition coefficient (Wildman–Crippen LogP) is 3.58. The Balaban J connectivity index is 2.14. The van der Waals surface area contributed by atoms with Gasteiger partial charge in [0.15, 0.2) is 0 Å². The van der Waals surface area contributed by atoms with E-state index in [1.54, 1.807) is 26.2 Å². The van der Waals surface area contributed by atoms with E-state index in [0.717, 1.165) is 12.1 Å². The second-order valence-corrected chi connectivity index (χ2v) is 6.07. The van der Waals surface area contributed by atoms with Gasteiger partial charge in [-0.25, -0.2) is 9.37 Å². The zero-order valence-corrected chi connectivity index (χ0v) is 14.6. The highest BCUT2D eigenvalue weighted by atomic mass is 19.4. The third-order valence-electron chi connectivity index (χ3n) is 3.93. The summed E-state index contributed by atoms with van der Waals surface area (Å²) in [4.78, 5) is 17.6. The van der Waals surface area contributed by atoms with Gasteiger partial charge in [-0.1, -0.05) is 12.1 Å². The molecule has 0 aliphatic carbocycles. The average Bonchev–Trinajstić information content (AvgIpc) is 2.53. The summed E-state index contributed by atoms with van der Waals surface area (Å²) in [6.45, 7) is 1.51. The minimum atomic E-state index is -4.56. The van der Waals surface area contributed by atoms with E-state index < -0.39 is 17.8 Å². The molecule has 0 aliphatic rings. The lowest BCUT2D eigenvalue weighted by Crippen LogP contribution is -2.35. The SMILES string of the molecule is Cc1nc(C(F)(F)F)ccc1C(=O)NCC(c1cccc(F)c1)N(C)C. The highest BCUT2D eigenvalue weighted by Crippen LogP contribution is 2.28. The quantitative estimate of drug-likeness (QED) is 0.820. The Morgan fingerprint density at radius 3 is 2.46 bits per heavy atom. The number of hydrogen-bond donors (Lipinski definition) is 1. The van der Waals surface area contributed by atoms with E-state index in [9.17, 15) is 22.4 Å². The van der Waals surface area contributed by atoms with Crippen LogP contribution in [0.2, 0.25) is 0 Å². The fourth-order valence-corrected chi connectivity index (χ4v) is 2.56.